The number of ether oxygens (including phenoxy) is 2. The van der Waals surface area contributed by atoms with Gasteiger partial charge in [-0.15, -0.1) is 6.42 Å². The normalized spacial score (nSPS) is 25.0. The van der Waals surface area contributed by atoms with E-state index in [0.717, 1.165) is 38.9 Å². The van der Waals surface area contributed by atoms with Gasteiger partial charge in [0, 0.05) is 36.5 Å². The summed E-state index contributed by atoms with van der Waals surface area (Å²) in [6.07, 6.45) is 7.92. The largest absolute Gasteiger partial charge is 0.475 e. The molecule has 232 valence electrons. The molecule has 8 rings (SSSR count). The Bertz CT molecular complexity index is 1880. The van der Waals surface area contributed by atoms with Crippen molar-refractivity contribution in [1.29, 1.82) is 0 Å². The maximum Gasteiger partial charge on any atom is 0.319 e. The number of benzene rings is 2. The van der Waals surface area contributed by atoms with E-state index < -0.39 is 23.3 Å². The van der Waals surface area contributed by atoms with E-state index in [-0.39, 0.29) is 41.3 Å². The summed E-state index contributed by atoms with van der Waals surface area (Å²) >= 11 is 0. The number of nitrogens with zero attached hydrogens (tertiary/aromatic N) is 6. The van der Waals surface area contributed by atoms with E-state index in [0.29, 0.717) is 53.7 Å². The molecular formula is C34H33F3N6O2. The van der Waals surface area contributed by atoms with Crippen LogP contribution in [0.5, 0.6) is 11.9 Å². The van der Waals surface area contributed by atoms with Gasteiger partial charge in [0.15, 0.2) is 5.82 Å². The zero-order valence-corrected chi connectivity index (χ0v) is 25.0. The third-order valence-corrected chi connectivity index (χ3v) is 9.99. The van der Waals surface area contributed by atoms with Crippen LogP contribution in [0.1, 0.15) is 31.2 Å². The fourth-order valence-electron chi connectivity index (χ4n) is 7.87. The number of hydrogen-bond acceptors (Lipinski definition) is 8. The van der Waals surface area contributed by atoms with Crippen LogP contribution in [0.4, 0.5) is 19.0 Å². The lowest BCUT2D eigenvalue weighted by atomic mass is 9.95. The number of fused-ring (bicyclic) bond motifs is 2. The van der Waals surface area contributed by atoms with Gasteiger partial charge in [0.1, 0.15) is 47.6 Å². The molecule has 0 amide bonds. The molecular weight excluding hydrogens is 581 g/mol. The van der Waals surface area contributed by atoms with Crippen molar-refractivity contribution in [3.8, 4) is 35.5 Å². The number of likely N-dealkylation sites (tertiary alicyclic amines) is 1. The lowest BCUT2D eigenvalue weighted by molar-refractivity contribution is 0.107. The third kappa shape index (κ3) is 4.57. The summed E-state index contributed by atoms with van der Waals surface area (Å²) in [5.74, 6) is 1.85. The minimum atomic E-state index is -0.907. The van der Waals surface area contributed by atoms with Gasteiger partial charge in [-0.2, -0.15) is 9.97 Å². The highest BCUT2D eigenvalue weighted by Crippen LogP contribution is 2.44. The summed E-state index contributed by atoms with van der Waals surface area (Å²) in [6.45, 7) is 3.99. The van der Waals surface area contributed by atoms with E-state index in [9.17, 15) is 8.78 Å². The van der Waals surface area contributed by atoms with E-state index in [4.69, 9.17) is 20.9 Å². The number of halogens is 3. The number of anilines is 1. The van der Waals surface area contributed by atoms with Gasteiger partial charge in [-0.05, 0) is 50.9 Å². The maximum atomic E-state index is 16.9. The average molecular weight is 615 g/mol. The molecule has 0 saturated carbocycles. The number of terminal acetylenes is 1. The molecule has 4 aliphatic heterocycles. The number of rotatable bonds is 5. The van der Waals surface area contributed by atoms with Crippen LogP contribution in [0.3, 0.4) is 0 Å². The Morgan fingerprint density at radius 2 is 1.98 bits per heavy atom. The van der Waals surface area contributed by atoms with Crippen molar-refractivity contribution < 1.29 is 22.6 Å². The molecule has 11 heteroatoms. The first-order valence-corrected chi connectivity index (χ1v) is 15.5. The molecule has 2 aromatic carbocycles. The summed E-state index contributed by atoms with van der Waals surface area (Å²) in [5.41, 5.74) is -0.107. The number of aromatic nitrogens is 3. The zero-order valence-electron chi connectivity index (χ0n) is 25.0. The smallest absolute Gasteiger partial charge is 0.319 e. The second kappa shape index (κ2) is 10.7. The highest BCUT2D eigenvalue weighted by molar-refractivity contribution is 6.03. The molecule has 3 saturated heterocycles. The molecule has 0 radical (unpaired) electrons. The van der Waals surface area contributed by atoms with Crippen molar-refractivity contribution in [2.75, 3.05) is 57.9 Å². The zero-order chi connectivity index (χ0) is 30.9. The first kappa shape index (κ1) is 28.3. The SMILES string of the molecule is C#Cc1c(F)ccc2cccc(-c3nc4c5c(nc(OC[C@@]67CCCN6C[C@H](F)C7)nc5c3F)N([C@@H]3CCN(C)C3)CCO4)c12. The van der Waals surface area contributed by atoms with Gasteiger partial charge in [-0.25, -0.2) is 18.2 Å². The maximum absolute atomic E-state index is 16.9. The summed E-state index contributed by atoms with van der Waals surface area (Å²) < 4.78 is 58.8. The number of likely N-dealkylation sites (N-methyl/N-ethyl adjacent to an activating group) is 1. The quantitative estimate of drug-likeness (QED) is 0.293. The van der Waals surface area contributed by atoms with Crippen LogP contribution in [0.15, 0.2) is 30.3 Å². The second-order valence-electron chi connectivity index (χ2n) is 12.7. The molecule has 4 aliphatic rings. The first-order valence-electron chi connectivity index (χ1n) is 15.5. The second-order valence-corrected chi connectivity index (χ2v) is 12.7. The Hall–Kier alpha value is -4.14. The molecule has 3 fully saturated rings. The molecule has 8 nitrogen and oxygen atoms in total. The Balaban J connectivity index is 1.31. The number of alkyl halides is 1. The van der Waals surface area contributed by atoms with E-state index >= 15 is 4.39 Å². The topological polar surface area (TPSA) is 66.9 Å². The van der Waals surface area contributed by atoms with Crippen molar-refractivity contribution >= 4 is 27.5 Å². The minimum Gasteiger partial charge on any atom is -0.475 e. The highest BCUT2D eigenvalue weighted by atomic mass is 19.1. The van der Waals surface area contributed by atoms with Crippen LogP contribution in [0, 0.1) is 24.0 Å². The van der Waals surface area contributed by atoms with Crippen molar-refractivity contribution in [3.63, 3.8) is 0 Å². The van der Waals surface area contributed by atoms with Crippen molar-refractivity contribution in [1.82, 2.24) is 24.8 Å². The van der Waals surface area contributed by atoms with Crippen LogP contribution in [0.2, 0.25) is 0 Å². The van der Waals surface area contributed by atoms with E-state index in [1.54, 1.807) is 24.3 Å². The predicted octanol–water partition coefficient (Wildman–Crippen LogP) is 4.96. The summed E-state index contributed by atoms with van der Waals surface area (Å²) in [4.78, 5) is 20.7. The van der Waals surface area contributed by atoms with E-state index in [1.807, 2.05) is 0 Å². The Kier molecular flexibility index (Phi) is 6.76. The summed E-state index contributed by atoms with van der Waals surface area (Å²) in [5, 5.41) is 1.40. The molecule has 6 heterocycles. The van der Waals surface area contributed by atoms with E-state index in [1.165, 1.54) is 6.07 Å². The van der Waals surface area contributed by atoms with Crippen molar-refractivity contribution in [3.05, 3.63) is 47.5 Å². The number of pyridine rings is 1. The molecule has 0 unspecified atom stereocenters. The molecule has 3 atom stereocenters. The standard InChI is InChI=1S/C34H33F3N6O2/c1-3-23-25(36)9-8-20-6-4-7-24(26(20)23)29-28(37)30-27-31(43(14-15-44-32(27)38-29)22-10-13-41(2)18-22)40-33(39-30)45-19-34-11-5-12-42(34)17-21(35)16-34/h1,4,6-9,21-22H,5,10-19H2,2H3/t21-,22-,34+/m1/s1. The van der Waals surface area contributed by atoms with Crippen LogP contribution in [-0.4, -0.2) is 95.5 Å². The van der Waals surface area contributed by atoms with Gasteiger partial charge >= 0.3 is 6.01 Å². The minimum absolute atomic E-state index is 0.000478. The van der Waals surface area contributed by atoms with Gasteiger partial charge < -0.3 is 19.3 Å². The van der Waals surface area contributed by atoms with Crippen molar-refractivity contribution in [2.24, 2.45) is 0 Å². The van der Waals surface area contributed by atoms with Gasteiger partial charge in [0.05, 0.1) is 17.6 Å². The number of hydrogen-bond donors (Lipinski definition) is 0. The molecule has 0 aliphatic carbocycles. The first-order chi connectivity index (χ1) is 21.8. The van der Waals surface area contributed by atoms with Gasteiger partial charge in [-0.3, -0.25) is 4.90 Å². The van der Waals surface area contributed by atoms with Crippen LogP contribution in [-0.2, 0) is 0 Å². The molecule has 0 N–H and O–H groups in total. The summed E-state index contributed by atoms with van der Waals surface area (Å²) in [7, 11) is 2.07. The third-order valence-electron chi connectivity index (χ3n) is 9.99. The molecule has 0 spiro atoms. The lowest BCUT2D eigenvalue weighted by Crippen LogP contribution is -2.43. The monoisotopic (exact) mass is 614 g/mol. The Morgan fingerprint density at radius 3 is 2.80 bits per heavy atom. The van der Waals surface area contributed by atoms with E-state index in [2.05, 4.69) is 37.6 Å². The molecule has 0 bridgehead atoms. The van der Waals surface area contributed by atoms with Gasteiger partial charge in [0.25, 0.3) is 0 Å². The van der Waals surface area contributed by atoms with Crippen LogP contribution in [0.25, 0.3) is 32.9 Å². The highest BCUT2D eigenvalue weighted by Gasteiger charge is 2.49. The fraction of sp³-hybridized carbons (Fsp3) is 0.441. The molecule has 4 aromatic rings. The predicted molar refractivity (Wildman–Crippen MR) is 165 cm³/mol. The van der Waals surface area contributed by atoms with Gasteiger partial charge in [0.2, 0.25) is 5.88 Å². The van der Waals surface area contributed by atoms with Crippen molar-refractivity contribution in [2.45, 2.75) is 43.4 Å². The molecule has 2 aromatic heterocycles. The van der Waals surface area contributed by atoms with Gasteiger partial charge in [-0.1, -0.05) is 30.2 Å². The Labute approximate surface area is 259 Å². The Morgan fingerprint density at radius 1 is 1.09 bits per heavy atom. The van der Waals surface area contributed by atoms with Crippen LogP contribution < -0.4 is 14.4 Å². The molecule has 45 heavy (non-hydrogen) atoms. The summed E-state index contributed by atoms with van der Waals surface area (Å²) in [6, 6.07) is 8.29. The fourth-order valence-corrected chi connectivity index (χ4v) is 7.87. The lowest BCUT2D eigenvalue weighted by Gasteiger charge is -2.31. The average Bonchev–Trinajstić information content (AvgIpc) is 3.68. The van der Waals surface area contributed by atoms with Crippen LogP contribution >= 0.6 is 0 Å².